The largest absolute Gasteiger partial charge is 0.325 e. The van der Waals surface area contributed by atoms with Crippen molar-refractivity contribution in [3.63, 3.8) is 0 Å². The van der Waals surface area contributed by atoms with Gasteiger partial charge in [0.15, 0.2) is 0 Å². The Morgan fingerprint density at radius 2 is 1.95 bits per heavy atom. The highest BCUT2D eigenvalue weighted by Crippen LogP contribution is 2.34. The van der Waals surface area contributed by atoms with E-state index in [1.54, 1.807) is 0 Å². The minimum Gasteiger partial charge on any atom is -0.325 e. The molecule has 3 fully saturated rings. The lowest BCUT2D eigenvalue weighted by Crippen LogP contribution is -2.45. The van der Waals surface area contributed by atoms with E-state index in [1.165, 1.54) is 51.4 Å². The van der Waals surface area contributed by atoms with Crippen LogP contribution in [0.5, 0.6) is 0 Å². The van der Waals surface area contributed by atoms with Gasteiger partial charge in [0.25, 0.3) is 0 Å². The lowest BCUT2D eigenvalue weighted by atomic mass is 9.82. The van der Waals surface area contributed by atoms with Gasteiger partial charge >= 0.3 is 0 Å². The third-order valence-corrected chi connectivity index (χ3v) is 5.46. The Morgan fingerprint density at radius 3 is 2.68 bits per heavy atom. The Balaban J connectivity index is 1.61. The van der Waals surface area contributed by atoms with Gasteiger partial charge in [0.1, 0.15) is 0 Å². The third kappa shape index (κ3) is 2.96. The van der Waals surface area contributed by atoms with Crippen LogP contribution in [0.25, 0.3) is 0 Å². The second kappa shape index (κ2) is 5.82. The molecule has 3 aliphatic rings. The fourth-order valence-electron chi connectivity index (χ4n) is 4.47. The van der Waals surface area contributed by atoms with Gasteiger partial charge in [-0.25, -0.2) is 0 Å². The summed E-state index contributed by atoms with van der Waals surface area (Å²) in [5.74, 6) is 2.66. The first kappa shape index (κ1) is 13.4. The van der Waals surface area contributed by atoms with Crippen LogP contribution in [0.3, 0.4) is 0 Å². The molecule has 0 spiro atoms. The molecule has 0 aromatic heterocycles. The minimum absolute atomic E-state index is 0.343. The average Bonchev–Trinajstić information content (AvgIpc) is 3.01. The maximum atomic E-state index is 12.2. The zero-order chi connectivity index (χ0) is 13.2. The van der Waals surface area contributed by atoms with Crippen LogP contribution in [0, 0.1) is 17.8 Å². The smallest absolute Gasteiger partial charge is 0.237 e. The average molecular weight is 264 g/mol. The zero-order valence-electron chi connectivity index (χ0n) is 12.2. The van der Waals surface area contributed by atoms with Crippen molar-refractivity contribution in [1.82, 2.24) is 10.2 Å². The fraction of sp³-hybridized carbons (Fsp3) is 0.938. The molecule has 0 radical (unpaired) electrons. The normalized spacial score (nSPS) is 37.2. The molecule has 1 N–H and O–H groups in total. The molecule has 3 unspecified atom stereocenters. The topological polar surface area (TPSA) is 32.3 Å². The number of rotatable bonds is 3. The molecule has 3 heteroatoms. The van der Waals surface area contributed by atoms with Crippen LogP contribution in [-0.4, -0.2) is 30.1 Å². The molecule has 2 aliphatic carbocycles. The van der Waals surface area contributed by atoms with E-state index in [-0.39, 0.29) is 0 Å². The SMILES string of the molecule is CC1CCCC(CN2C(=O)CNC2C2CCCC2)C1. The van der Waals surface area contributed by atoms with Crippen LogP contribution < -0.4 is 5.32 Å². The second-order valence-corrected chi connectivity index (χ2v) is 7.05. The van der Waals surface area contributed by atoms with E-state index in [4.69, 9.17) is 0 Å². The zero-order valence-corrected chi connectivity index (χ0v) is 12.2. The van der Waals surface area contributed by atoms with E-state index >= 15 is 0 Å². The Hall–Kier alpha value is -0.570. The number of nitrogens with one attached hydrogen (secondary N) is 1. The van der Waals surface area contributed by atoms with Crippen molar-refractivity contribution < 1.29 is 4.79 Å². The first-order valence-corrected chi connectivity index (χ1v) is 8.27. The molecule has 3 rings (SSSR count). The van der Waals surface area contributed by atoms with Crippen LogP contribution >= 0.6 is 0 Å². The number of hydrogen-bond acceptors (Lipinski definition) is 2. The molecule has 108 valence electrons. The van der Waals surface area contributed by atoms with Crippen LogP contribution in [0.1, 0.15) is 58.3 Å². The van der Waals surface area contributed by atoms with E-state index in [0.717, 1.165) is 18.4 Å². The first-order chi connectivity index (χ1) is 9.24. The Kier molecular flexibility index (Phi) is 4.11. The predicted octanol–water partition coefficient (Wildman–Crippen LogP) is 2.76. The van der Waals surface area contributed by atoms with E-state index in [0.29, 0.717) is 24.5 Å². The monoisotopic (exact) mass is 264 g/mol. The van der Waals surface area contributed by atoms with Gasteiger partial charge < -0.3 is 4.90 Å². The molecule has 1 saturated heterocycles. The van der Waals surface area contributed by atoms with Gasteiger partial charge in [-0.2, -0.15) is 0 Å². The van der Waals surface area contributed by atoms with Crippen LogP contribution in [0.4, 0.5) is 0 Å². The number of carbonyl (C=O) groups is 1. The van der Waals surface area contributed by atoms with E-state index in [1.807, 2.05) is 0 Å². The van der Waals surface area contributed by atoms with Crippen molar-refractivity contribution in [2.75, 3.05) is 13.1 Å². The summed E-state index contributed by atoms with van der Waals surface area (Å²) < 4.78 is 0. The molecule has 3 nitrogen and oxygen atoms in total. The summed E-state index contributed by atoms with van der Waals surface area (Å²) in [6.07, 6.45) is 11.1. The summed E-state index contributed by atoms with van der Waals surface area (Å²) in [6.45, 7) is 3.95. The maximum Gasteiger partial charge on any atom is 0.237 e. The molecule has 0 bridgehead atoms. The Bertz CT molecular complexity index is 325. The van der Waals surface area contributed by atoms with Crippen LogP contribution in [0.2, 0.25) is 0 Å². The molecule has 0 aromatic carbocycles. The van der Waals surface area contributed by atoms with Gasteiger partial charge in [-0.3, -0.25) is 10.1 Å². The van der Waals surface area contributed by atoms with Crippen LogP contribution in [-0.2, 0) is 4.79 Å². The van der Waals surface area contributed by atoms with E-state index in [2.05, 4.69) is 17.1 Å². The van der Waals surface area contributed by atoms with E-state index < -0.39 is 0 Å². The standard InChI is InChI=1S/C16H28N2O/c1-12-5-4-6-13(9-12)11-18-15(19)10-17-16(18)14-7-2-3-8-14/h12-14,16-17H,2-11H2,1H3. The molecule has 0 aromatic rings. The predicted molar refractivity (Wildman–Crippen MR) is 76.6 cm³/mol. The van der Waals surface area contributed by atoms with Crippen molar-refractivity contribution in [1.29, 1.82) is 0 Å². The van der Waals surface area contributed by atoms with Crippen molar-refractivity contribution >= 4 is 5.91 Å². The van der Waals surface area contributed by atoms with Gasteiger partial charge in [0.2, 0.25) is 5.91 Å². The summed E-state index contributed by atoms with van der Waals surface area (Å²) >= 11 is 0. The Labute approximate surface area is 117 Å². The van der Waals surface area contributed by atoms with Crippen molar-refractivity contribution in [3.05, 3.63) is 0 Å². The summed E-state index contributed by atoms with van der Waals surface area (Å²) in [7, 11) is 0. The molecule has 2 saturated carbocycles. The summed E-state index contributed by atoms with van der Waals surface area (Å²) in [4.78, 5) is 14.4. The third-order valence-electron chi connectivity index (χ3n) is 5.46. The minimum atomic E-state index is 0.343. The van der Waals surface area contributed by atoms with E-state index in [9.17, 15) is 4.79 Å². The lowest BCUT2D eigenvalue weighted by molar-refractivity contribution is -0.129. The summed E-state index contributed by atoms with van der Waals surface area (Å²) in [5, 5.41) is 3.48. The van der Waals surface area contributed by atoms with Crippen molar-refractivity contribution in [3.8, 4) is 0 Å². The molecule has 3 atom stereocenters. The summed E-state index contributed by atoms with van der Waals surface area (Å²) in [5.41, 5.74) is 0. The second-order valence-electron chi connectivity index (χ2n) is 7.05. The molecule has 1 aliphatic heterocycles. The first-order valence-electron chi connectivity index (χ1n) is 8.27. The van der Waals surface area contributed by atoms with Gasteiger partial charge in [-0.05, 0) is 43.4 Å². The molecule has 1 amide bonds. The van der Waals surface area contributed by atoms with Gasteiger partial charge in [-0.1, -0.05) is 32.6 Å². The quantitative estimate of drug-likeness (QED) is 0.850. The number of carbonyl (C=O) groups excluding carboxylic acids is 1. The van der Waals surface area contributed by atoms with Crippen molar-refractivity contribution in [2.24, 2.45) is 17.8 Å². The van der Waals surface area contributed by atoms with Gasteiger partial charge in [-0.15, -0.1) is 0 Å². The van der Waals surface area contributed by atoms with Crippen LogP contribution in [0.15, 0.2) is 0 Å². The summed E-state index contributed by atoms with van der Waals surface area (Å²) in [6, 6.07) is 0. The lowest BCUT2D eigenvalue weighted by Gasteiger charge is -2.35. The Morgan fingerprint density at radius 1 is 1.16 bits per heavy atom. The number of nitrogens with zero attached hydrogens (tertiary/aromatic N) is 1. The number of hydrogen-bond donors (Lipinski definition) is 1. The van der Waals surface area contributed by atoms with Gasteiger partial charge in [0, 0.05) is 6.54 Å². The highest BCUT2D eigenvalue weighted by molar-refractivity contribution is 5.80. The molecule has 19 heavy (non-hydrogen) atoms. The van der Waals surface area contributed by atoms with Crippen molar-refractivity contribution in [2.45, 2.75) is 64.5 Å². The molecule has 1 heterocycles. The van der Waals surface area contributed by atoms with Gasteiger partial charge in [0.05, 0.1) is 12.7 Å². The maximum absolute atomic E-state index is 12.2. The molecular weight excluding hydrogens is 236 g/mol. The molecular formula is C16H28N2O. The highest BCUT2D eigenvalue weighted by Gasteiger charge is 2.38. The fourth-order valence-corrected chi connectivity index (χ4v) is 4.47. The highest BCUT2D eigenvalue weighted by atomic mass is 16.2. The number of amides is 1.